The summed E-state index contributed by atoms with van der Waals surface area (Å²) in [6.07, 6.45) is 3.20. The molecule has 0 spiro atoms. The number of hydrogen-bond acceptors (Lipinski definition) is 2. The monoisotopic (exact) mass is 202 g/mol. The van der Waals surface area contributed by atoms with Crippen molar-refractivity contribution in [1.82, 2.24) is 0 Å². The summed E-state index contributed by atoms with van der Waals surface area (Å²) in [5.74, 6) is -3.59. The first kappa shape index (κ1) is 12.9. The first-order chi connectivity index (χ1) is 6.50. The van der Waals surface area contributed by atoms with Crippen molar-refractivity contribution in [3.63, 3.8) is 0 Å². The maximum atomic E-state index is 10.8. The van der Waals surface area contributed by atoms with Crippen LogP contribution >= 0.6 is 0 Å². The van der Waals surface area contributed by atoms with Crippen molar-refractivity contribution < 1.29 is 19.8 Å². The molecule has 0 fully saturated rings. The van der Waals surface area contributed by atoms with Crippen LogP contribution in [0.15, 0.2) is 0 Å². The van der Waals surface area contributed by atoms with Gasteiger partial charge in [-0.1, -0.05) is 33.1 Å². The normalized spacial score (nSPS) is 14.7. The fourth-order valence-corrected chi connectivity index (χ4v) is 1.37. The van der Waals surface area contributed by atoms with Crippen LogP contribution in [-0.4, -0.2) is 22.2 Å². The Kier molecular flexibility index (Phi) is 5.92. The summed E-state index contributed by atoms with van der Waals surface area (Å²) in [5, 5.41) is 17.5. The maximum Gasteiger partial charge on any atom is 0.307 e. The summed E-state index contributed by atoms with van der Waals surface area (Å²) in [6, 6.07) is 0. The standard InChI is InChI=1S/C10H18O4/c1-3-4-5-6-8(10(13)14)7(2)9(11)12/h7-8H,3-6H2,1-2H3,(H,11,12)(H,13,14). The van der Waals surface area contributed by atoms with Crippen molar-refractivity contribution in [2.75, 3.05) is 0 Å². The third kappa shape index (κ3) is 4.25. The fourth-order valence-electron chi connectivity index (χ4n) is 1.37. The van der Waals surface area contributed by atoms with Crippen molar-refractivity contribution in [3.8, 4) is 0 Å². The molecule has 0 saturated heterocycles. The smallest absolute Gasteiger partial charge is 0.307 e. The number of rotatable bonds is 7. The Hall–Kier alpha value is -1.06. The van der Waals surface area contributed by atoms with Crippen LogP contribution in [0, 0.1) is 11.8 Å². The van der Waals surface area contributed by atoms with Gasteiger partial charge < -0.3 is 10.2 Å². The SMILES string of the molecule is CCCCCC(C(=O)O)C(C)C(=O)O. The third-order valence-corrected chi connectivity index (χ3v) is 2.43. The lowest BCUT2D eigenvalue weighted by Gasteiger charge is -2.15. The Morgan fingerprint density at radius 2 is 1.71 bits per heavy atom. The number of carbonyl (C=O) groups is 2. The van der Waals surface area contributed by atoms with E-state index in [0.717, 1.165) is 19.3 Å². The van der Waals surface area contributed by atoms with Crippen LogP contribution in [-0.2, 0) is 9.59 Å². The van der Waals surface area contributed by atoms with Gasteiger partial charge in [-0.3, -0.25) is 9.59 Å². The largest absolute Gasteiger partial charge is 0.481 e. The van der Waals surface area contributed by atoms with Gasteiger partial charge in [-0.2, -0.15) is 0 Å². The third-order valence-electron chi connectivity index (χ3n) is 2.43. The molecule has 0 aliphatic rings. The lowest BCUT2D eigenvalue weighted by molar-refractivity contribution is -0.153. The van der Waals surface area contributed by atoms with Crippen molar-refractivity contribution in [1.29, 1.82) is 0 Å². The number of unbranched alkanes of at least 4 members (excludes halogenated alkanes) is 2. The first-order valence-electron chi connectivity index (χ1n) is 4.96. The molecule has 4 nitrogen and oxygen atoms in total. The predicted molar refractivity (Wildman–Crippen MR) is 52.1 cm³/mol. The molecular formula is C10H18O4. The molecular weight excluding hydrogens is 184 g/mol. The maximum absolute atomic E-state index is 10.8. The second-order valence-corrected chi connectivity index (χ2v) is 3.57. The molecule has 0 aromatic rings. The molecule has 0 heterocycles. The van der Waals surface area contributed by atoms with E-state index >= 15 is 0 Å². The van der Waals surface area contributed by atoms with Crippen LogP contribution in [0.4, 0.5) is 0 Å². The van der Waals surface area contributed by atoms with Crippen LogP contribution in [0.2, 0.25) is 0 Å². The Morgan fingerprint density at radius 3 is 2.07 bits per heavy atom. The van der Waals surface area contributed by atoms with Gasteiger partial charge in [-0.15, -0.1) is 0 Å². The van der Waals surface area contributed by atoms with E-state index in [1.807, 2.05) is 6.92 Å². The van der Waals surface area contributed by atoms with Crippen LogP contribution in [0.1, 0.15) is 39.5 Å². The highest BCUT2D eigenvalue weighted by Gasteiger charge is 2.28. The van der Waals surface area contributed by atoms with Crippen molar-refractivity contribution in [3.05, 3.63) is 0 Å². The van der Waals surface area contributed by atoms with Gasteiger partial charge in [0.2, 0.25) is 0 Å². The molecule has 82 valence electrons. The summed E-state index contributed by atoms with van der Waals surface area (Å²) in [5.41, 5.74) is 0. The van der Waals surface area contributed by atoms with E-state index in [-0.39, 0.29) is 0 Å². The fraction of sp³-hybridized carbons (Fsp3) is 0.800. The summed E-state index contributed by atoms with van der Waals surface area (Å²) < 4.78 is 0. The Balaban J connectivity index is 4.15. The lowest BCUT2D eigenvalue weighted by Crippen LogP contribution is -2.27. The minimum absolute atomic E-state index is 0.455. The van der Waals surface area contributed by atoms with Gasteiger partial charge in [0.25, 0.3) is 0 Å². The number of carboxylic acids is 2. The van der Waals surface area contributed by atoms with Crippen LogP contribution in [0.25, 0.3) is 0 Å². The second-order valence-electron chi connectivity index (χ2n) is 3.57. The zero-order valence-electron chi connectivity index (χ0n) is 8.69. The summed E-state index contributed by atoms with van der Waals surface area (Å²) in [7, 11) is 0. The van der Waals surface area contributed by atoms with E-state index in [9.17, 15) is 9.59 Å². The molecule has 2 N–H and O–H groups in total. The number of carboxylic acid groups (broad SMARTS) is 2. The highest BCUT2D eigenvalue weighted by atomic mass is 16.4. The van der Waals surface area contributed by atoms with E-state index in [1.54, 1.807) is 0 Å². The van der Waals surface area contributed by atoms with Gasteiger partial charge >= 0.3 is 11.9 Å². The molecule has 4 heteroatoms. The first-order valence-corrected chi connectivity index (χ1v) is 4.96. The average molecular weight is 202 g/mol. The molecule has 2 atom stereocenters. The number of aliphatic carboxylic acids is 2. The molecule has 0 amide bonds. The average Bonchev–Trinajstić information content (AvgIpc) is 2.10. The highest BCUT2D eigenvalue weighted by Crippen LogP contribution is 2.19. The molecule has 0 bridgehead atoms. The number of hydrogen-bond donors (Lipinski definition) is 2. The van der Waals surface area contributed by atoms with Gasteiger partial charge in [0.15, 0.2) is 0 Å². The van der Waals surface area contributed by atoms with Gasteiger partial charge in [0.05, 0.1) is 11.8 Å². The van der Waals surface area contributed by atoms with E-state index < -0.39 is 23.8 Å². The van der Waals surface area contributed by atoms with Gasteiger partial charge in [-0.05, 0) is 6.42 Å². The van der Waals surface area contributed by atoms with E-state index in [0.29, 0.717) is 6.42 Å². The van der Waals surface area contributed by atoms with Gasteiger partial charge in [-0.25, -0.2) is 0 Å². The highest BCUT2D eigenvalue weighted by molar-refractivity contribution is 5.79. The molecule has 0 aromatic heterocycles. The topological polar surface area (TPSA) is 74.6 Å². The van der Waals surface area contributed by atoms with Gasteiger partial charge in [0, 0.05) is 0 Å². The molecule has 0 aromatic carbocycles. The van der Waals surface area contributed by atoms with E-state index in [2.05, 4.69) is 0 Å². The molecule has 0 aliphatic heterocycles. The van der Waals surface area contributed by atoms with E-state index in [4.69, 9.17) is 10.2 Å². The van der Waals surface area contributed by atoms with Crippen LogP contribution in [0.5, 0.6) is 0 Å². The Bertz CT molecular complexity index is 200. The zero-order chi connectivity index (χ0) is 11.1. The van der Waals surface area contributed by atoms with Crippen LogP contribution in [0.3, 0.4) is 0 Å². The summed E-state index contributed by atoms with van der Waals surface area (Å²) >= 11 is 0. The molecule has 14 heavy (non-hydrogen) atoms. The predicted octanol–water partition coefficient (Wildman–Crippen LogP) is 1.99. The summed E-state index contributed by atoms with van der Waals surface area (Å²) in [6.45, 7) is 3.48. The molecule has 0 aliphatic carbocycles. The molecule has 0 radical (unpaired) electrons. The van der Waals surface area contributed by atoms with Crippen molar-refractivity contribution in [2.24, 2.45) is 11.8 Å². The lowest BCUT2D eigenvalue weighted by atomic mass is 9.89. The molecule has 2 unspecified atom stereocenters. The minimum Gasteiger partial charge on any atom is -0.481 e. The summed E-state index contributed by atoms with van der Waals surface area (Å²) in [4.78, 5) is 21.4. The molecule has 0 saturated carbocycles. The zero-order valence-corrected chi connectivity index (χ0v) is 8.69. The van der Waals surface area contributed by atoms with E-state index in [1.165, 1.54) is 6.92 Å². The molecule has 0 rings (SSSR count). The van der Waals surface area contributed by atoms with Gasteiger partial charge in [0.1, 0.15) is 0 Å². The van der Waals surface area contributed by atoms with Crippen molar-refractivity contribution >= 4 is 11.9 Å². The quantitative estimate of drug-likeness (QED) is 0.619. The van der Waals surface area contributed by atoms with Crippen molar-refractivity contribution in [2.45, 2.75) is 39.5 Å². The second kappa shape index (κ2) is 6.40. The Morgan fingerprint density at radius 1 is 1.14 bits per heavy atom. The Labute approximate surface area is 83.9 Å². The van der Waals surface area contributed by atoms with Crippen LogP contribution < -0.4 is 0 Å². The minimum atomic E-state index is -1.03.